The summed E-state index contributed by atoms with van der Waals surface area (Å²) < 4.78 is 27.8. The molecule has 6 nitrogen and oxygen atoms in total. The maximum atomic E-state index is 12.0. The van der Waals surface area contributed by atoms with E-state index < -0.39 is 15.9 Å². The van der Waals surface area contributed by atoms with Crippen LogP contribution in [0.3, 0.4) is 0 Å². The summed E-state index contributed by atoms with van der Waals surface area (Å²) in [5, 5.41) is 7.59. The van der Waals surface area contributed by atoms with Gasteiger partial charge in [-0.3, -0.25) is 4.79 Å². The van der Waals surface area contributed by atoms with Crippen LogP contribution in [0.2, 0.25) is 0 Å². The number of furan rings is 1. The Hall–Kier alpha value is -2.12. The van der Waals surface area contributed by atoms with Gasteiger partial charge in [-0.05, 0) is 25.1 Å². The summed E-state index contributed by atoms with van der Waals surface area (Å²) in [6.45, 7) is 1.64. The van der Waals surface area contributed by atoms with Crippen molar-refractivity contribution in [3.05, 3.63) is 47.9 Å². The molecule has 3 N–H and O–H groups in total. The molecule has 1 amide bonds. The van der Waals surface area contributed by atoms with Gasteiger partial charge in [0, 0.05) is 0 Å². The number of hydrogen-bond acceptors (Lipinski definition) is 4. The summed E-state index contributed by atoms with van der Waals surface area (Å²) in [7, 11) is -3.90. The lowest BCUT2D eigenvalue weighted by Crippen LogP contribution is -2.18. The molecule has 1 aromatic carbocycles. The number of carbonyl (C=O) groups is 1. The van der Waals surface area contributed by atoms with Crippen molar-refractivity contribution >= 4 is 21.6 Å². The SMILES string of the molecule is Cc1occc1C(=O)Nc1ccccc1S(N)(=O)=O. The number of aryl methyl sites for hydroxylation is 1. The van der Waals surface area contributed by atoms with Crippen LogP contribution in [-0.4, -0.2) is 14.3 Å². The summed E-state index contributed by atoms with van der Waals surface area (Å²) in [5.74, 6) is -0.00654. The van der Waals surface area contributed by atoms with Crippen LogP contribution in [0.1, 0.15) is 16.1 Å². The predicted octanol–water partition coefficient (Wildman–Crippen LogP) is 1.49. The number of sulfonamides is 1. The van der Waals surface area contributed by atoms with Crippen LogP contribution in [0.5, 0.6) is 0 Å². The topological polar surface area (TPSA) is 102 Å². The van der Waals surface area contributed by atoms with Gasteiger partial charge in [0.2, 0.25) is 10.0 Å². The third-order valence-corrected chi connectivity index (χ3v) is 3.51. The normalized spacial score (nSPS) is 11.3. The van der Waals surface area contributed by atoms with E-state index in [0.717, 1.165) is 0 Å². The average Bonchev–Trinajstić information content (AvgIpc) is 2.75. The number of para-hydroxylation sites is 1. The van der Waals surface area contributed by atoms with E-state index >= 15 is 0 Å². The van der Waals surface area contributed by atoms with Crippen LogP contribution < -0.4 is 10.5 Å². The molecule has 0 aliphatic heterocycles. The van der Waals surface area contributed by atoms with Crippen LogP contribution in [0.25, 0.3) is 0 Å². The van der Waals surface area contributed by atoms with Crippen molar-refractivity contribution in [3.63, 3.8) is 0 Å². The lowest BCUT2D eigenvalue weighted by molar-refractivity contribution is 0.102. The summed E-state index contributed by atoms with van der Waals surface area (Å²) in [6.07, 6.45) is 1.38. The van der Waals surface area contributed by atoms with Crippen LogP contribution in [0.15, 0.2) is 45.9 Å². The van der Waals surface area contributed by atoms with Crippen molar-refractivity contribution < 1.29 is 17.6 Å². The quantitative estimate of drug-likeness (QED) is 0.889. The van der Waals surface area contributed by atoms with Gasteiger partial charge in [-0.1, -0.05) is 12.1 Å². The Morgan fingerprint density at radius 2 is 1.95 bits per heavy atom. The van der Waals surface area contributed by atoms with Crippen LogP contribution >= 0.6 is 0 Å². The number of amides is 1. The van der Waals surface area contributed by atoms with E-state index in [1.165, 1.54) is 30.5 Å². The highest BCUT2D eigenvalue weighted by molar-refractivity contribution is 7.89. The fraction of sp³-hybridized carbons (Fsp3) is 0.0833. The Kier molecular flexibility index (Phi) is 3.41. The molecule has 0 radical (unpaired) electrons. The van der Waals surface area contributed by atoms with Gasteiger partial charge in [-0.2, -0.15) is 0 Å². The number of primary sulfonamides is 1. The summed E-state index contributed by atoms with van der Waals surface area (Å²) >= 11 is 0. The molecule has 7 heteroatoms. The lowest BCUT2D eigenvalue weighted by Gasteiger charge is -2.08. The second-order valence-electron chi connectivity index (χ2n) is 3.89. The van der Waals surface area contributed by atoms with Crippen molar-refractivity contribution in [3.8, 4) is 0 Å². The van der Waals surface area contributed by atoms with E-state index in [4.69, 9.17) is 9.56 Å². The largest absolute Gasteiger partial charge is 0.469 e. The Bertz CT molecular complexity index is 719. The van der Waals surface area contributed by atoms with E-state index in [1.54, 1.807) is 13.0 Å². The fourth-order valence-corrected chi connectivity index (χ4v) is 2.32. The predicted molar refractivity (Wildman–Crippen MR) is 69.2 cm³/mol. The molecule has 100 valence electrons. The number of carbonyl (C=O) groups excluding carboxylic acids is 1. The Balaban J connectivity index is 2.35. The van der Waals surface area contributed by atoms with Crippen molar-refractivity contribution in [2.45, 2.75) is 11.8 Å². The minimum Gasteiger partial charge on any atom is -0.469 e. The Labute approximate surface area is 110 Å². The number of rotatable bonds is 3. The maximum Gasteiger partial charge on any atom is 0.259 e. The summed E-state index contributed by atoms with van der Waals surface area (Å²) in [4.78, 5) is 11.8. The molecule has 0 fully saturated rings. The molecule has 0 saturated carbocycles. The zero-order valence-electron chi connectivity index (χ0n) is 10.1. The van der Waals surface area contributed by atoms with Crippen molar-refractivity contribution in [1.29, 1.82) is 0 Å². The molecule has 1 aromatic heterocycles. The number of nitrogens with one attached hydrogen (secondary N) is 1. The van der Waals surface area contributed by atoms with Crippen LogP contribution in [-0.2, 0) is 10.0 Å². The maximum absolute atomic E-state index is 12.0. The summed E-state index contributed by atoms with van der Waals surface area (Å²) in [6, 6.07) is 7.43. The minimum absolute atomic E-state index is 0.135. The average molecular weight is 280 g/mol. The zero-order valence-corrected chi connectivity index (χ0v) is 10.9. The van der Waals surface area contributed by atoms with Crippen LogP contribution in [0.4, 0.5) is 5.69 Å². The number of nitrogens with two attached hydrogens (primary N) is 1. The molecule has 0 aliphatic rings. The molecule has 2 rings (SSSR count). The summed E-state index contributed by atoms with van der Waals surface area (Å²) in [5.41, 5.74) is 0.472. The van der Waals surface area contributed by atoms with E-state index in [0.29, 0.717) is 11.3 Å². The molecule has 0 atom stereocenters. The van der Waals surface area contributed by atoms with Crippen molar-refractivity contribution in [2.75, 3.05) is 5.32 Å². The number of hydrogen-bond donors (Lipinski definition) is 2. The van der Waals surface area contributed by atoms with E-state index in [2.05, 4.69) is 5.32 Å². The molecule has 1 heterocycles. The molecule has 0 unspecified atom stereocenters. The zero-order chi connectivity index (χ0) is 14.0. The molecule has 0 saturated heterocycles. The highest BCUT2D eigenvalue weighted by Crippen LogP contribution is 2.20. The first-order valence-electron chi connectivity index (χ1n) is 5.37. The van der Waals surface area contributed by atoms with Gasteiger partial charge < -0.3 is 9.73 Å². The van der Waals surface area contributed by atoms with E-state index in [1.807, 2.05) is 0 Å². The Morgan fingerprint density at radius 3 is 2.53 bits per heavy atom. The fourth-order valence-electron chi connectivity index (χ4n) is 1.63. The first-order valence-corrected chi connectivity index (χ1v) is 6.91. The van der Waals surface area contributed by atoms with E-state index in [9.17, 15) is 13.2 Å². The number of anilines is 1. The van der Waals surface area contributed by atoms with Gasteiger partial charge in [-0.25, -0.2) is 13.6 Å². The monoisotopic (exact) mass is 280 g/mol. The molecule has 0 aliphatic carbocycles. The highest BCUT2D eigenvalue weighted by Gasteiger charge is 2.17. The lowest BCUT2D eigenvalue weighted by atomic mass is 10.2. The first kappa shape index (κ1) is 13.3. The standard InChI is InChI=1S/C12H12N2O4S/c1-8-9(6-7-18-8)12(15)14-10-4-2-3-5-11(10)19(13,16)17/h2-7H,1H3,(H,14,15)(H2,13,16,17). The molecule has 19 heavy (non-hydrogen) atoms. The van der Waals surface area contributed by atoms with Gasteiger partial charge >= 0.3 is 0 Å². The van der Waals surface area contributed by atoms with E-state index in [-0.39, 0.29) is 10.6 Å². The number of benzene rings is 1. The van der Waals surface area contributed by atoms with Gasteiger partial charge in [0.25, 0.3) is 5.91 Å². The molecular weight excluding hydrogens is 268 g/mol. The second kappa shape index (κ2) is 4.87. The van der Waals surface area contributed by atoms with Gasteiger partial charge in [0.15, 0.2) is 0 Å². The van der Waals surface area contributed by atoms with Gasteiger partial charge in [-0.15, -0.1) is 0 Å². The highest BCUT2D eigenvalue weighted by atomic mass is 32.2. The van der Waals surface area contributed by atoms with Crippen molar-refractivity contribution in [2.24, 2.45) is 5.14 Å². The van der Waals surface area contributed by atoms with Gasteiger partial charge in [0.05, 0.1) is 17.5 Å². The smallest absolute Gasteiger partial charge is 0.259 e. The molecule has 2 aromatic rings. The van der Waals surface area contributed by atoms with Crippen molar-refractivity contribution in [1.82, 2.24) is 0 Å². The third kappa shape index (κ3) is 2.83. The Morgan fingerprint density at radius 1 is 1.26 bits per heavy atom. The molecule has 0 bridgehead atoms. The third-order valence-electron chi connectivity index (χ3n) is 2.55. The van der Waals surface area contributed by atoms with Crippen LogP contribution in [0, 0.1) is 6.92 Å². The minimum atomic E-state index is -3.90. The molecule has 0 spiro atoms. The first-order chi connectivity index (χ1) is 8.89. The molecular formula is C12H12N2O4S. The second-order valence-corrected chi connectivity index (χ2v) is 5.42. The van der Waals surface area contributed by atoms with Gasteiger partial charge in [0.1, 0.15) is 10.7 Å².